The average molecular weight is 398 g/mol. The summed E-state index contributed by atoms with van der Waals surface area (Å²) in [5, 5.41) is 0. The highest BCUT2D eigenvalue weighted by atomic mass is 16.5. The molecule has 0 aliphatic heterocycles. The molecule has 1 amide bonds. The molecule has 0 rings (SSSR count). The molecule has 0 saturated carbocycles. The summed E-state index contributed by atoms with van der Waals surface area (Å²) in [6.07, 6.45) is 19.9. The van der Waals surface area contributed by atoms with Gasteiger partial charge in [-0.15, -0.1) is 0 Å². The molecule has 0 aliphatic rings. The summed E-state index contributed by atoms with van der Waals surface area (Å²) in [6.45, 7) is 5.28. The molecule has 0 aromatic rings. The Balaban J connectivity index is 3.40. The normalized spacial score (nSPS) is 10.8. The number of hydrogen-bond donors (Lipinski definition) is 0. The third kappa shape index (κ3) is 18.3. The molecule has 166 valence electrons. The highest BCUT2D eigenvalue weighted by Gasteiger charge is 2.11. The third-order valence-corrected chi connectivity index (χ3v) is 5.33. The van der Waals surface area contributed by atoms with Gasteiger partial charge in [0.15, 0.2) is 0 Å². The Morgan fingerprint density at radius 2 is 1.11 bits per heavy atom. The van der Waals surface area contributed by atoms with Crippen molar-refractivity contribution in [3.63, 3.8) is 0 Å². The number of ether oxygens (including phenoxy) is 1. The lowest BCUT2D eigenvalue weighted by molar-refractivity contribution is -0.144. The van der Waals surface area contributed by atoms with Gasteiger partial charge in [-0.05, 0) is 12.8 Å². The SMILES string of the molecule is CCCCCCCCCCCCCCCC(=O)N(C)CCC(=O)OCCCC. The second-order valence-electron chi connectivity index (χ2n) is 8.13. The largest absolute Gasteiger partial charge is 0.466 e. The molecule has 4 heteroatoms. The van der Waals surface area contributed by atoms with Gasteiger partial charge in [0.05, 0.1) is 13.0 Å². The van der Waals surface area contributed by atoms with Gasteiger partial charge < -0.3 is 9.64 Å². The molecule has 4 nitrogen and oxygen atoms in total. The molecule has 0 aromatic heterocycles. The molecular weight excluding hydrogens is 350 g/mol. The lowest BCUT2D eigenvalue weighted by atomic mass is 10.0. The number of hydrogen-bond acceptors (Lipinski definition) is 3. The highest BCUT2D eigenvalue weighted by Crippen LogP contribution is 2.13. The molecule has 0 radical (unpaired) electrons. The maximum absolute atomic E-state index is 12.1. The van der Waals surface area contributed by atoms with Crippen molar-refractivity contribution in [2.75, 3.05) is 20.2 Å². The molecule has 0 saturated heterocycles. The average Bonchev–Trinajstić information content (AvgIpc) is 2.69. The zero-order valence-electron chi connectivity index (χ0n) is 19.1. The summed E-state index contributed by atoms with van der Waals surface area (Å²) in [5.41, 5.74) is 0. The van der Waals surface area contributed by atoms with Crippen molar-refractivity contribution in [2.45, 2.75) is 123 Å². The van der Waals surface area contributed by atoms with E-state index in [2.05, 4.69) is 13.8 Å². The predicted molar refractivity (Wildman–Crippen MR) is 118 cm³/mol. The fourth-order valence-electron chi connectivity index (χ4n) is 3.27. The van der Waals surface area contributed by atoms with Gasteiger partial charge in [0.1, 0.15) is 0 Å². The van der Waals surface area contributed by atoms with Crippen LogP contribution in [0.4, 0.5) is 0 Å². The van der Waals surface area contributed by atoms with Crippen LogP contribution in [0.1, 0.15) is 123 Å². The van der Waals surface area contributed by atoms with Crippen molar-refractivity contribution >= 4 is 11.9 Å². The number of unbranched alkanes of at least 4 members (excludes halogenated alkanes) is 13. The minimum Gasteiger partial charge on any atom is -0.466 e. The van der Waals surface area contributed by atoms with Crippen LogP contribution in [0.25, 0.3) is 0 Å². The van der Waals surface area contributed by atoms with Gasteiger partial charge in [-0.1, -0.05) is 97.3 Å². The van der Waals surface area contributed by atoms with E-state index < -0.39 is 0 Å². The van der Waals surface area contributed by atoms with Gasteiger partial charge in [0.2, 0.25) is 5.91 Å². The van der Waals surface area contributed by atoms with E-state index in [4.69, 9.17) is 4.74 Å². The summed E-state index contributed by atoms with van der Waals surface area (Å²) in [6, 6.07) is 0. The topological polar surface area (TPSA) is 46.6 Å². The Labute approximate surface area is 174 Å². The Morgan fingerprint density at radius 3 is 1.61 bits per heavy atom. The summed E-state index contributed by atoms with van der Waals surface area (Å²) < 4.78 is 5.12. The van der Waals surface area contributed by atoms with E-state index >= 15 is 0 Å². The van der Waals surface area contributed by atoms with E-state index in [0.29, 0.717) is 26.0 Å². The van der Waals surface area contributed by atoms with Gasteiger partial charge >= 0.3 is 5.97 Å². The van der Waals surface area contributed by atoms with Crippen LogP contribution in [0.2, 0.25) is 0 Å². The fraction of sp³-hybridized carbons (Fsp3) is 0.917. The fourth-order valence-corrected chi connectivity index (χ4v) is 3.27. The number of esters is 1. The second-order valence-corrected chi connectivity index (χ2v) is 8.13. The summed E-state index contributed by atoms with van der Waals surface area (Å²) in [4.78, 5) is 25.3. The number of carbonyl (C=O) groups excluding carboxylic acids is 2. The Kier molecular flexibility index (Phi) is 19.9. The van der Waals surface area contributed by atoms with Crippen molar-refractivity contribution < 1.29 is 14.3 Å². The minimum absolute atomic E-state index is 0.143. The van der Waals surface area contributed by atoms with Crippen LogP contribution >= 0.6 is 0 Å². The van der Waals surface area contributed by atoms with Crippen LogP contribution < -0.4 is 0 Å². The first kappa shape index (κ1) is 26.9. The van der Waals surface area contributed by atoms with Gasteiger partial charge in [0, 0.05) is 20.0 Å². The lowest BCUT2D eigenvalue weighted by Gasteiger charge is -2.16. The highest BCUT2D eigenvalue weighted by molar-refractivity contribution is 5.77. The number of rotatable bonds is 20. The Hall–Kier alpha value is -1.06. The molecule has 0 fully saturated rings. The minimum atomic E-state index is -0.200. The lowest BCUT2D eigenvalue weighted by Crippen LogP contribution is -2.29. The molecule has 0 unspecified atom stereocenters. The molecular formula is C24H47NO3. The van der Waals surface area contributed by atoms with Gasteiger partial charge in [-0.25, -0.2) is 0 Å². The second kappa shape index (κ2) is 20.7. The molecule has 0 N–H and O–H groups in total. The van der Waals surface area contributed by atoms with E-state index in [1.165, 1.54) is 70.6 Å². The molecule has 0 aliphatic carbocycles. The first-order valence-corrected chi connectivity index (χ1v) is 12.0. The van der Waals surface area contributed by atoms with Crippen LogP contribution in [0.15, 0.2) is 0 Å². The van der Waals surface area contributed by atoms with Gasteiger partial charge in [-0.3, -0.25) is 9.59 Å². The zero-order chi connectivity index (χ0) is 20.9. The first-order chi connectivity index (χ1) is 13.6. The summed E-state index contributed by atoms with van der Waals surface area (Å²) >= 11 is 0. The predicted octanol–water partition coefficient (Wildman–Crippen LogP) is 6.66. The van der Waals surface area contributed by atoms with Crippen LogP contribution in [-0.2, 0) is 14.3 Å². The van der Waals surface area contributed by atoms with Crippen molar-refractivity contribution in [3.05, 3.63) is 0 Å². The molecule has 0 spiro atoms. The zero-order valence-corrected chi connectivity index (χ0v) is 19.1. The van der Waals surface area contributed by atoms with Crippen molar-refractivity contribution in [2.24, 2.45) is 0 Å². The van der Waals surface area contributed by atoms with Crippen LogP contribution in [-0.4, -0.2) is 37.0 Å². The molecule has 0 aromatic carbocycles. The summed E-state index contributed by atoms with van der Waals surface area (Å²) in [7, 11) is 1.78. The van der Waals surface area contributed by atoms with Crippen molar-refractivity contribution in [1.29, 1.82) is 0 Å². The van der Waals surface area contributed by atoms with Crippen LogP contribution in [0.3, 0.4) is 0 Å². The van der Waals surface area contributed by atoms with Crippen molar-refractivity contribution in [3.8, 4) is 0 Å². The maximum Gasteiger partial charge on any atom is 0.307 e. The maximum atomic E-state index is 12.1. The Bertz CT molecular complexity index is 371. The number of carbonyl (C=O) groups is 2. The third-order valence-electron chi connectivity index (χ3n) is 5.33. The van der Waals surface area contributed by atoms with Crippen molar-refractivity contribution in [1.82, 2.24) is 4.90 Å². The molecule has 28 heavy (non-hydrogen) atoms. The van der Waals surface area contributed by atoms with Crippen LogP contribution in [0.5, 0.6) is 0 Å². The van der Waals surface area contributed by atoms with E-state index in [9.17, 15) is 9.59 Å². The van der Waals surface area contributed by atoms with E-state index in [0.717, 1.165) is 25.7 Å². The van der Waals surface area contributed by atoms with E-state index in [1.54, 1.807) is 11.9 Å². The first-order valence-electron chi connectivity index (χ1n) is 12.0. The smallest absolute Gasteiger partial charge is 0.307 e. The molecule has 0 atom stereocenters. The number of nitrogens with zero attached hydrogens (tertiary/aromatic N) is 1. The summed E-state index contributed by atoms with van der Waals surface area (Å²) in [5.74, 6) is -0.0570. The van der Waals surface area contributed by atoms with Gasteiger partial charge in [0.25, 0.3) is 0 Å². The molecule has 0 bridgehead atoms. The van der Waals surface area contributed by atoms with Crippen LogP contribution in [0, 0.1) is 0 Å². The quantitative estimate of drug-likeness (QED) is 0.170. The van der Waals surface area contributed by atoms with E-state index in [-0.39, 0.29) is 11.9 Å². The standard InChI is InChI=1S/C24H47NO3/c1-4-6-8-9-10-11-12-13-14-15-16-17-18-19-23(26)25(3)21-20-24(27)28-22-7-5-2/h4-22H2,1-3H3. The number of amides is 1. The monoisotopic (exact) mass is 397 g/mol. The Morgan fingerprint density at radius 1 is 0.643 bits per heavy atom. The molecule has 0 heterocycles. The van der Waals surface area contributed by atoms with E-state index in [1.807, 2.05) is 0 Å². The van der Waals surface area contributed by atoms with Gasteiger partial charge in [-0.2, -0.15) is 0 Å².